The Labute approximate surface area is 130 Å². The van der Waals surface area contributed by atoms with Crippen LogP contribution < -0.4 is 10.6 Å². The lowest BCUT2D eigenvalue weighted by Gasteiger charge is -2.14. The molecule has 0 saturated carbocycles. The van der Waals surface area contributed by atoms with Crippen molar-refractivity contribution in [3.63, 3.8) is 0 Å². The summed E-state index contributed by atoms with van der Waals surface area (Å²) < 4.78 is 0. The lowest BCUT2D eigenvalue weighted by molar-refractivity contribution is 1.46. The van der Waals surface area contributed by atoms with Crippen LogP contribution in [0.3, 0.4) is 0 Å². The van der Waals surface area contributed by atoms with Gasteiger partial charge in [-0.3, -0.25) is 0 Å². The maximum atomic E-state index is 5.35. The summed E-state index contributed by atoms with van der Waals surface area (Å²) in [7, 11) is 0. The summed E-state index contributed by atoms with van der Waals surface area (Å²) in [5.41, 5.74) is 4.22. The molecule has 0 amide bonds. The normalized spacial score (nSPS) is 9.90. The second-order valence-electron chi connectivity index (χ2n) is 4.54. The number of aryl methyl sites for hydroxylation is 2. The van der Waals surface area contributed by atoms with Crippen LogP contribution in [0.15, 0.2) is 48.5 Å². The monoisotopic (exact) mass is 300 g/mol. The van der Waals surface area contributed by atoms with Gasteiger partial charge in [-0.15, -0.1) is 0 Å². The second kappa shape index (κ2) is 6.59. The van der Waals surface area contributed by atoms with E-state index in [1.54, 1.807) is 0 Å². The first-order valence-electron chi connectivity index (χ1n) is 6.31. The quantitative estimate of drug-likeness (QED) is 0.798. The van der Waals surface area contributed by atoms with Gasteiger partial charge in [0.1, 0.15) is 9.98 Å². The highest BCUT2D eigenvalue weighted by atomic mass is 32.1. The van der Waals surface area contributed by atoms with Gasteiger partial charge < -0.3 is 10.6 Å². The molecule has 0 aliphatic heterocycles. The molecule has 0 atom stereocenters. The van der Waals surface area contributed by atoms with Gasteiger partial charge in [0, 0.05) is 11.4 Å². The number of benzene rings is 2. The van der Waals surface area contributed by atoms with E-state index in [0.29, 0.717) is 9.98 Å². The number of para-hydroxylation sites is 2. The average Bonchev–Trinajstić information content (AvgIpc) is 2.43. The van der Waals surface area contributed by atoms with Crippen LogP contribution in [0.4, 0.5) is 11.4 Å². The fourth-order valence-corrected chi connectivity index (χ4v) is 2.11. The van der Waals surface area contributed by atoms with Crippen molar-refractivity contribution in [1.82, 2.24) is 0 Å². The minimum atomic E-state index is 0.526. The molecular weight excluding hydrogens is 284 g/mol. The van der Waals surface area contributed by atoms with Crippen molar-refractivity contribution in [3.05, 3.63) is 59.7 Å². The average molecular weight is 300 g/mol. The Morgan fingerprint density at radius 3 is 1.40 bits per heavy atom. The molecule has 2 N–H and O–H groups in total. The van der Waals surface area contributed by atoms with Crippen LogP contribution in [0.25, 0.3) is 0 Å². The van der Waals surface area contributed by atoms with Gasteiger partial charge >= 0.3 is 0 Å². The molecule has 102 valence electrons. The number of hydrogen-bond donors (Lipinski definition) is 2. The third-order valence-corrected chi connectivity index (χ3v) is 3.73. The smallest absolute Gasteiger partial charge is 0.138 e. The zero-order valence-electron chi connectivity index (χ0n) is 11.4. The van der Waals surface area contributed by atoms with E-state index in [2.05, 4.69) is 10.6 Å². The molecule has 0 radical (unpaired) electrons. The van der Waals surface area contributed by atoms with Crippen molar-refractivity contribution in [1.29, 1.82) is 0 Å². The molecule has 2 nitrogen and oxygen atoms in total. The summed E-state index contributed by atoms with van der Waals surface area (Å²) in [4.78, 5) is 1.05. The van der Waals surface area contributed by atoms with Gasteiger partial charge in [0.25, 0.3) is 0 Å². The van der Waals surface area contributed by atoms with E-state index in [4.69, 9.17) is 24.4 Å². The topological polar surface area (TPSA) is 24.1 Å². The zero-order valence-corrected chi connectivity index (χ0v) is 13.1. The van der Waals surface area contributed by atoms with E-state index in [0.717, 1.165) is 22.5 Å². The Bertz CT molecular complexity index is 593. The summed E-state index contributed by atoms with van der Waals surface area (Å²) in [6.07, 6.45) is 0. The lowest BCUT2D eigenvalue weighted by Crippen LogP contribution is -2.26. The van der Waals surface area contributed by atoms with Crippen molar-refractivity contribution < 1.29 is 0 Å². The summed E-state index contributed by atoms with van der Waals surface area (Å²) in [6.45, 7) is 4.06. The summed E-state index contributed by atoms with van der Waals surface area (Å²) in [5, 5.41) is 6.35. The van der Waals surface area contributed by atoms with Crippen molar-refractivity contribution >= 4 is 45.8 Å². The third kappa shape index (κ3) is 3.62. The van der Waals surface area contributed by atoms with Crippen molar-refractivity contribution in [3.8, 4) is 0 Å². The predicted octanol–water partition coefficient (Wildman–Crippen LogP) is 4.48. The summed E-state index contributed by atoms with van der Waals surface area (Å²) in [5.74, 6) is 0. The molecule has 0 heterocycles. The number of nitrogens with one attached hydrogen (secondary N) is 2. The van der Waals surface area contributed by atoms with Crippen molar-refractivity contribution in [2.75, 3.05) is 10.6 Å². The molecule has 0 aromatic heterocycles. The SMILES string of the molecule is Cc1ccccc1NC(=S)C(=S)Nc1ccccc1C. The van der Waals surface area contributed by atoms with E-state index in [1.165, 1.54) is 0 Å². The highest BCUT2D eigenvalue weighted by Gasteiger charge is 2.07. The van der Waals surface area contributed by atoms with Gasteiger partial charge in [-0.25, -0.2) is 0 Å². The minimum absolute atomic E-state index is 0.526. The number of anilines is 2. The van der Waals surface area contributed by atoms with E-state index in [9.17, 15) is 0 Å². The van der Waals surface area contributed by atoms with E-state index < -0.39 is 0 Å². The molecule has 0 spiro atoms. The minimum Gasteiger partial charge on any atom is -0.344 e. The molecule has 0 bridgehead atoms. The van der Waals surface area contributed by atoms with Crippen LogP contribution in [0.2, 0.25) is 0 Å². The second-order valence-corrected chi connectivity index (χ2v) is 5.35. The zero-order chi connectivity index (χ0) is 14.5. The summed E-state index contributed by atoms with van der Waals surface area (Å²) >= 11 is 10.7. The molecule has 2 aromatic rings. The van der Waals surface area contributed by atoms with Crippen molar-refractivity contribution in [2.24, 2.45) is 0 Å². The first-order valence-corrected chi connectivity index (χ1v) is 7.13. The van der Waals surface area contributed by atoms with Gasteiger partial charge in [-0.2, -0.15) is 0 Å². The largest absolute Gasteiger partial charge is 0.344 e. The van der Waals surface area contributed by atoms with Crippen molar-refractivity contribution in [2.45, 2.75) is 13.8 Å². The first-order chi connectivity index (χ1) is 9.58. The summed E-state index contributed by atoms with van der Waals surface area (Å²) in [6, 6.07) is 16.0. The number of hydrogen-bond acceptors (Lipinski definition) is 2. The fraction of sp³-hybridized carbons (Fsp3) is 0.125. The highest BCUT2D eigenvalue weighted by molar-refractivity contribution is 7.89. The molecule has 0 fully saturated rings. The van der Waals surface area contributed by atoms with Gasteiger partial charge in [-0.1, -0.05) is 60.8 Å². The van der Waals surface area contributed by atoms with Gasteiger partial charge in [0.2, 0.25) is 0 Å². The van der Waals surface area contributed by atoms with Crippen LogP contribution in [-0.2, 0) is 0 Å². The Balaban J connectivity index is 2.05. The van der Waals surface area contributed by atoms with E-state index >= 15 is 0 Å². The van der Waals surface area contributed by atoms with Crippen LogP contribution in [0.5, 0.6) is 0 Å². The molecule has 0 aliphatic carbocycles. The van der Waals surface area contributed by atoms with Gasteiger partial charge in [0.05, 0.1) is 0 Å². The Kier molecular flexibility index (Phi) is 4.82. The third-order valence-electron chi connectivity index (χ3n) is 2.99. The lowest BCUT2D eigenvalue weighted by atomic mass is 10.2. The molecule has 2 rings (SSSR count). The molecule has 2 aromatic carbocycles. The number of thiocarbonyl (C=S) groups is 2. The molecule has 4 heteroatoms. The molecule has 0 saturated heterocycles. The highest BCUT2D eigenvalue weighted by Crippen LogP contribution is 2.16. The van der Waals surface area contributed by atoms with Gasteiger partial charge in [-0.05, 0) is 37.1 Å². The maximum Gasteiger partial charge on any atom is 0.138 e. The predicted molar refractivity (Wildman–Crippen MR) is 94.8 cm³/mol. The van der Waals surface area contributed by atoms with E-state index in [1.807, 2.05) is 62.4 Å². The van der Waals surface area contributed by atoms with Crippen LogP contribution in [-0.4, -0.2) is 9.98 Å². The fourth-order valence-electron chi connectivity index (χ4n) is 1.78. The van der Waals surface area contributed by atoms with Crippen LogP contribution in [0, 0.1) is 13.8 Å². The van der Waals surface area contributed by atoms with E-state index in [-0.39, 0.29) is 0 Å². The Hall–Kier alpha value is -1.78. The molecule has 20 heavy (non-hydrogen) atoms. The Morgan fingerprint density at radius 1 is 0.700 bits per heavy atom. The Morgan fingerprint density at radius 2 is 1.05 bits per heavy atom. The molecular formula is C16H16N2S2. The van der Waals surface area contributed by atoms with Gasteiger partial charge in [0.15, 0.2) is 0 Å². The molecule has 0 unspecified atom stereocenters. The first kappa shape index (κ1) is 14.6. The maximum absolute atomic E-state index is 5.35. The standard InChI is InChI=1S/C16H16N2S2/c1-11-7-3-5-9-13(11)17-15(19)16(20)18-14-10-6-4-8-12(14)2/h3-10H,1-2H3,(H,17,19)(H,18,20). The number of rotatable bonds is 2. The van der Waals surface area contributed by atoms with Crippen LogP contribution >= 0.6 is 24.4 Å². The molecule has 0 aliphatic rings. The van der Waals surface area contributed by atoms with Crippen LogP contribution in [0.1, 0.15) is 11.1 Å².